The lowest BCUT2D eigenvalue weighted by atomic mass is 10.4. The van der Waals surface area contributed by atoms with E-state index in [4.69, 9.17) is 0 Å². The zero-order chi connectivity index (χ0) is 26.9. The molecule has 0 aromatic carbocycles. The molecular formula is C29H78B6. The standard InChI is InChI=1S/C5H10.4C3H8.6C2H6.6B/c1-3-5-4-2;4*1-3-2;6*1-2;;;;;;/h3,5H,4H2,1-2H3;4*3H2,1-2H3;6*1-2H3;;;;;;. The van der Waals surface area contributed by atoms with Crippen LogP contribution in [-0.4, -0.2) is 50.5 Å². The van der Waals surface area contributed by atoms with Crippen molar-refractivity contribution in [3.63, 3.8) is 0 Å². The lowest BCUT2D eigenvalue weighted by Crippen LogP contribution is -1.43. The van der Waals surface area contributed by atoms with E-state index in [1.165, 1.54) is 25.7 Å². The summed E-state index contributed by atoms with van der Waals surface area (Å²) in [7, 11) is 0. The minimum Gasteiger partial charge on any atom is -0.0917 e. The lowest BCUT2D eigenvalue weighted by molar-refractivity contribution is 1.09. The third-order valence-electron chi connectivity index (χ3n) is 0.471. The first-order valence-electron chi connectivity index (χ1n) is 13.7. The molecular weight excluding hydrogens is 413 g/mol. The average molecular weight is 492 g/mol. The molecule has 35 heavy (non-hydrogen) atoms. The summed E-state index contributed by atoms with van der Waals surface area (Å²) in [5, 5.41) is 0. The Hall–Kier alpha value is 0.130. The van der Waals surface area contributed by atoms with Crippen LogP contribution >= 0.6 is 0 Å². The Morgan fingerprint density at radius 1 is 0.314 bits per heavy atom. The summed E-state index contributed by atoms with van der Waals surface area (Å²) in [4.78, 5) is 0. The molecule has 0 atom stereocenters. The van der Waals surface area contributed by atoms with E-state index < -0.39 is 0 Å². The maximum Gasteiger partial charge on any atom is 0 e. The van der Waals surface area contributed by atoms with Gasteiger partial charge in [0.1, 0.15) is 0 Å². The minimum absolute atomic E-state index is 0. The van der Waals surface area contributed by atoms with E-state index in [1.54, 1.807) is 0 Å². The van der Waals surface area contributed by atoms with Gasteiger partial charge in [-0.25, -0.2) is 0 Å². The molecule has 0 rings (SSSR count). The van der Waals surface area contributed by atoms with E-state index in [2.05, 4.69) is 74.5 Å². The second kappa shape index (κ2) is 737. The predicted octanol–water partition coefficient (Wildman–Crippen LogP) is 11.5. The zero-order valence-corrected chi connectivity index (χ0v) is 30.2. The van der Waals surface area contributed by atoms with Crippen molar-refractivity contribution in [2.24, 2.45) is 0 Å². The maximum atomic E-state index is 2.12. The Morgan fingerprint density at radius 3 is 0.400 bits per heavy atom. The molecule has 18 radical (unpaired) electrons. The molecule has 0 aliphatic carbocycles. The summed E-state index contributed by atoms with van der Waals surface area (Å²) in [5.74, 6) is 0. The van der Waals surface area contributed by atoms with Crippen LogP contribution in [0, 0.1) is 0 Å². The highest BCUT2D eigenvalue weighted by Crippen LogP contribution is 1.73. The van der Waals surface area contributed by atoms with Crippen molar-refractivity contribution in [3.8, 4) is 0 Å². The first-order valence-corrected chi connectivity index (χ1v) is 13.7. The van der Waals surface area contributed by atoms with Crippen LogP contribution in [-0.2, 0) is 0 Å². The van der Waals surface area contributed by atoms with E-state index >= 15 is 0 Å². The van der Waals surface area contributed by atoms with Gasteiger partial charge in [0.05, 0.1) is 0 Å². The molecule has 212 valence electrons. The Morgan fingerprint density at radius 2 is 0.400 bits per heavy atom. The molecule has 0 aromatic rings. The van der Waals surface area contributed by atoms with E-state index in [9.17, 15) is 0 Å². The predicted molar refractivity (Wildman–Crippen MR) is 192 cm³/mol. The molecule has 0 spiro atoms. The molecule has 0 bridgehead atoms. The van der Waals surface area contributed by atoms with Gasteiger partial charge in [0.2, 0.25) is 0 Å². The van der Waals surface area contributed by atoms with E-state index in [-0.39, 0.29) is 50.5 Å². The summed E-state index contributed by atoms with van der Waals surface area (Å²) in [6.07, 6.45) is 10.3. The molecule has 0 saturated heterocycles. The van der Waals surface area contributed by atoms with Gasteiger partial charge >= 0.3 is 0 Å². The molecule has 0 aliphatic heterocycles. The van der Waals surface area contributed by atoms with Crippen LogP contribution in [0.15, 0.2) is 12.2 Å². The highest BCUT2D eigenvalue weighted by atomic mass is 13.6. The summed E-state index contributed by atoms with van der Waals surface area (Å²) >= 11 is 0. The number of allylic oxidation sites excluding steroid dienone is 2. The van der Waals surface area contributed by atoms with Crippen LogP contribution in [0.3, 0.4) is 0 Å². The van der Waals surface area contributed by atoms with Crippen LogP contribution in [0.4, 0.5) is 0 Å². The molecule has 0 N–H and O–H groups in total. The summed E-state index contributed by atoms with van der Waals surface area (Å²) in [6, 6.07) is 0. The Balaban J connectivity index is -0.00000000678. The topological polar surface area (TPSA) is 0 Å². The van der Waals surface area contributed by atoms with Gasteiger partial charge in [-0.1, -0.05) is 183 Å². The molecule has 0 fully saturated rings. The number of hydrogen-bond acceptors (Lipinski definition) is 0. The molecule has 0 amide bonds. The van der Waals surface area contributed by atoms with Crippen molar-refractivity contribution in [1.82, 2.24) is 0 Å². The van der Waals surface area contributed by atoms with Crippen molar-refractivity contribution >= 4 is 50.5 Å². The summed E-state index contributed by atoms with van der Waals surface area (Å²) < 4.78 is 0. The van der Waals surface area contributed by atoms with Gasteiger partial charge < -0.3 is 0 Å². The average Bonchev–Trinajstić information content (AvgIpc) is 2.79. The Labute approximate surface area is 246 Å². The van der Waals surface area contributed by atoms with Crippen LogP contribution < -0.4 is 0 Å². The second-order valence-corrected chi connectivity index (χ2v) is 3.81. The van der Waals surface area contributed by atoms with E-state index in [0.29, 0.717) is 0 Å². The van der Waals surface area contributed by atoms with Gasteiger partial charge in [-0.15, -0.1) is 0 Å². The molecule has 0 saturated carbocycles. The number of rotatable bonds is 1. The van der Waals surface area contributed by atoms with Crippen molar-refractivity contribution in [3.05, 3.63) is 12.2 Å². The fourth-order valence-electron chi connectivity index (χ4n) is 0.236. The van der Waals surface area contributed by atoms with Gasteiger partial charge in [-0.3, -0.25) is 0 Å². The highest BCUT2D eigenvalue weighted by Gasteiger charge is 1.52. The maximum absolute atomic E-state index is 2.12. The minimum atomic E-state index is 0. The van der Waals surface area contributed by atoms with E-state index in [0.717, 1.165) is 6.42 Å². The van der Waals surface area contributed by atoms with Crippen molar-refractivity contribution in [1.29, 1.82) is 0 Å². The summed E-state index contributed by atoms with van der Waals surface area (Å²) in [6.45, 7) is 45.2. The van der Waals surface area contributed by atoms with Crippen LogP contribution in [0.25, 0.3) is 0 Å². The molecule has 0 aliphatic rings. The van der Waals surface area contributed by atoms with Crippen molar-refractivity contribution < 1.29 is 0 Å². The first-order chi connectivity index (χ1) is 14.1. The van der Waals surface area contributed by atoms with Gasteiger partial charge in [-0.2, -0.15) is 0 Å². The fourth-order valence-corrected chi connectivity index (χ4v) is 0.236. The fraction of sp³-hybridized carbons (Fsp3) is 0.931. The highest BCUT2D eigenvalue weighted by molar-refractivity contribution is 5.76. The molecule has 0 heterocycles. The Bertz CT molecular complexity index is 77.6. The van der Waals surface area contributed by atoms with Gasteiger partial charge in [0.25, 0.3) is 0 Å². The SMILES string of the molecule is CC.CC.CC.CC.CC.CC.CC=CCC.CCC.CCC.CCC.CCC.[B].[B].[B].[B].[B].[B]. The zero-order valence-electron chi connectivity index (χ0n) is 30.2. The third-order valence-corrected chi connectivity index (χ3v) is 0.471. The van der Waals surface area contributed by atoms with Crippen molar-refractivity contribution in [2.75, 3.05) is 0 Å². The molecule has 0 aromatic heterocycles. The normalized spacial score (nSPS) is 4.51. The number of hydrogen-bond donors (Lipinski definition) is 0. The van der Waals surface area contributed by atoms with E-state index in [1.807, 2.05) is 90.0 Å². The molecule has 6 heteroatoms. The quantitative estimate of drug-likeness (QED) is 0.253. The molecule has 0 nitrogen and oxygen atoms in total. The van der Waals surface area contributed by atoms with Gasteiger partial charge in [0, 0.05) is 50.5 Å². The van der Waals surface area contributed by atoms with Gasteiger partial charge in [0.15, 0.2) is 0 Å². The molecule has 0 unspecified atom stereocenters. The monoisotopic (exact) mass is 493 g/mol. The van der Waals surface area contributed by atoms with Gasteiger partial charge in [-0.05, 0) is 13.3 Å². The summed E-state index contributed by atoms with van der Waals surface area (Å²) in [5.41, 5.74) is 0. The second-order valence-electron chi connectivity index (χ2n) is 3.81. The van der Waals surface area contributed by atoms with Crippen LogP contribution in [0.2, 0.25) is 0 Å². The largest absolute Gasteiger partial charge is 0.0917 e. The lowest BCUT2D eigenvalue weighted by Gasteiger charge is -1.65. The Kier molecular flexibility index (Phi) is 2620. The smallest absolute Gasteiger partial charge is 0 e. The third kappa shape index (κ3) is 7770. The first kappa shape index (κ1) is 124. The van der Waals surface area contributed by atoms with Crippen molar-refractivity contribution in [2.45, 2.75) is 184 Å². The van der Waals surface area contributed by atoms with Crippen LogP contribution in [0.5, 0.6) is 0 Å². The van der Waals surface area contributed by atoms with Crippen LogP contribution in [0.1, 0.15) is 184 Å².